The molecule has 8 aromatic carbocycles. The van der Waals surface area contributed by atoms with Crippen LogP contribution in [0.25, 0.3) is 106 Å². The molecule has 262 valence electrons. The van der Waals surface area contributed by atoms with E-state index in [1.54, 1.807) is 0 Å². The van der Waals surface area contributed by atoms with Crippen molar-refractivity contribution in [2.75, 3.05) is 0 Å². The Morgan fingerprint density at radius 3 is 1.77 bits per heavy atom. The third-order valence-corrected chi connectivity index (χ3v) is 10.2. The van der Waals surface area contributed by atoms with Gasteiger partial charge in [0.05, 0.1) is 24.9 Å². The Kier molecular flexibility index (Phi) is 6.10. The van der Waals surface area contributed by atoms with Gasteiger partial charge in [0.1, 0.15) is 11.2 Å². The van der Waals surface area contributed by atoms with Gasteiger partial charge in [0, 0.05) is 49.4 Å². The lowest BCUT2D eigenvalue weighted by Gasteiger charge is -2.19. The molecule has 3 aromatic heterocycles. The lowest BCUT2D eigenvalue weighted by Crippen LogP contribution is -2.05. The summed E-state index contributed by atoms with van der Waals surface area (Å²) in [6.45, 7) is 0. The first-order valence-corrected chi connectivity index (χ1v) is 18.3. The van der Waals surface area contributed by atoms with Crippen molar-refractivity contribution in [3.63, 3.8) is 0 Å². The molecule has 11 aromatic rings. The summed E-state index contributed by atoms with van der Waals surface area (Å²) in [5, 5.41) is 2.19. The minimum Gasteiger partial charge on any atom is -0.455 e. The standard InChI is InChI=1S/C51H32N4O/c1-3-16-33(17-4-1)35-20-13-21-36(32-35)50-52-49(34-18-5-2-6-19-34)53-51(54-50)43-28-14-25-40(42-27-15-26-41-39-24-9-12-31-46(39)56-48(41)42)47(43)55-44-29-10-7-22-37(44)38-23-8-11-30-45(38)55/h1-32H/i9D,15D,24D,26D,27D,31D. The van der Waals surface area contributed by atoms with Crippen molar-refractivity contribution in [3.8, 4) is 62.1 Å². The van der Waals surface area contributed by atoms with Crippen molar-refractivity contribution >= 4 is 43.7 Å². The maximum Gasteiger partial charge on any atom is 0.166 e. The van der Waals surface area contributed by atoms with Crippen LogP contribution >= 0.6 is 0 Å². The molecular weight excluding hydrogens is 685 g/mol. The van der Waals surface area contributed by atoms with E-state index in [4.69, 9.17) is 26.2 Å². The topological polar surface area (TPSA) is 56.7 Å². The summed E-state index contributed by atoms with van der Waals surface area (Å²) < 4.78 is 62.4. The normalized spacial score (nSPS) is 13.1. The number of rotatable bonds is 6. The first-order chi connectivity index (χ1) is 30.3. The van der Waals surface area contributed by atoms with E-state index in [0.717, 1.165) is 44.1 Å². The average molecular weight is 723 g/mol. The molecule has 0 bridgehead atoms. The van der Waals surface area contributed by atoms with Crippen LogP contribution in [0, 0.1) is 0 Å². The Morgan fingerprint density at radius 1 is 0.411 bits per heavy atom. The third-order valence-electron chi connectivity index (χ3n) is 10.2. The third kappa shape index (κ3) is 5.21. The minimum atomic E-state index is -0.373. The maximum atomic E-state index is 9.54. The Bertz CT molecular complexity index is 3550. The monoisotopic (exact) mass is 722 g/mol. The summed E-state index contributed by atoms with van der Waals surface area (Å²) in [6.07, 6.45) is 0. The van der Waals surface area contributed by atoms with Crippen LogP contribution in [0.3, 0.4) is 0 Å². The van der Waals surface area contributed by atoms with E-state index < -0.39 is 0 Å². The Labute approximate surface area is 331 Å². The number of hydrogen-bond donors (Lipinski definition) is 0. The van der Waals surface area contributed by atoms with Crippen LogP contribution in [0.4, 0.5) is 0 Å². The van der Waals surface area contributed by atoms with Gasteiger partial charge in [-0.25, -0.2) is 15.0 Å². The highest BCUT2D eigenvalue weighted by Gasteiger charge is 2.24. The zero-order valence-electron chi connectivity index (χ0n) is 35.7. The van der Waals surface area contributed by atoms with Crippen LogP contribution in [0.15, 0.2) is 198 Å². The molecule has 3 heterocycles. The number of hydrogen-bond acceptors (Lipinski definition) is 4. The molecule has 0 aliphatic carbocycles. The van der Waals surface area contributed by atoms with Gasteiger partial charge in [0.15, 0.2) is 17.5 Å². The highest BCUT2D eigenvalue weighted by Crippen LogP contribution is 2.44. The SMILES string of the molecule is [2H]c1cc([2H])c2oc3c(-c4cccc(-c5nc(-c6ccccc6)nc(-c6cccc(-c7ccccc7)c6)n5)c4-n4c5ccccc5c5ccccc54)c([2H])c([2H])c([2H])c3c2c1[2H]. The number of benzene rings is 8. The van der Waals surface area contributed by atoms with Crippen molar-refractivity contribution in [3.05, 3.63) is 194 Å². The van der Waals surface area contributed by atoms with Crippen LogP contribution in [-0.4, -0.2) is 19.5 Å². The summed E-state index contributed by atoms with van der Waals surface area (Å²) in [5.74, 6) is 1.27. The molecule has 0 spiro atoms. The Hall–Kier alpha value is -7.63. The summed E-state index contributed by atoms with van der Waals surface area (Å²) in [7, 11) is 0. The summed E-state index contributed by atoms with van der Waals surface area (Å²) in [4.78, 5) is 15.5. The lowest BCUT2D eigenvalue weighted by atomic mass is 9.97. The summed E-state index contributed by atoms with van der Waals surface area (Å²) >= 11 is 0. The van der Waals surface area contributed by atoms with Gasteiger partial charge in [-0.05, 0) is 41.4 Å². The molecule has 5 heteroatoms. The molecule has 0 saturated heterocycles. The fraction of sp³-hybridized carbons (Fsp3) is 0. The van der Waals surface area contributed by atoms with Gasteiger partial charge < -0.3 is 8.98 Å². The van der Waals surface area contributed by atoms with Crippen molar-refractivity contribution < 1.29 is 12.6 Å². The summed E-state index contributed by atoms with van der Waals surface area (Å²) in [5.41, 5.74) is 7.33. The predicted molar refractivity (Wildman–Crippen MR) is 229 cm³/mol. The molecule has 5 nitrogen and oxygen atoms in total. The van der Waals surface area contributed by atoms with E-state index in [1.807, 2.05) is 115 Å². The number of fused-ring (bicyclic) bond motifs is 6. The predicted octanol–water partition coefficient (Wildman–Crippen LogP) is 13.2. The fourth-order valence-electron chi connectivity index (χ4n) is 7.70. The lowest BCUT2D eigenvalue weighted by molar-refractivity contribution is 0.670. The molecule has 0 atom stereocenters. The molecule has 0 N–H and O–H groups in total. The molecule has 11 rings (SSSR count). The van der Waals surface area contributed by atoms with Gasteiger partial charge in [-0.1, -0.05) is 164 Å². The van der Waals surface area contributed by atoms with Gasteiger partial charge in [-0.15, -0.1) is 0 Å². The van der Waals surface area contributed by atoms with Gasteiger partial charge in [-0.3, -0.25) is 0 Å². The van der Waals surface area contributed by atoms with Crippen molar-refractivity contribution in [2.24, 2.45) is 0 Å². The van der Waals surface area contributed by atoms with Crippen LogP contribution in [0.2, 0.25) is 0 Å². The van der Waals surface area contributed by atoms with Gasteiger partial charge in [-0.2, -0.15) is 0 Å². The van der Waals surface area contributed by atoms with E-state index >= 15 is 0 Å². The van der Waals surface area contributed by atoms with Crippen LogP contribution in [-0.2, 0) is 0 Å². The van der Waals surface area contributed by atoms with Crippen LogP contribution < -0.4 is 0 Å². The van der Waals surface area contributed by atoms with Crippen LogP contribution in [0.5, 0.6) is 0 Å². The zero-order valence-corrected chi connectivity index (χ0v) is 29.7. The molecule has 0 amide bonds. The first kappa shape index (κ1) is 26.2. The van der Waals surface area contributed by atoms with Gasteiger partial charge in [0.25, 0.3) is 0 Å². The molecular formula is C51H32N4O. The van der Waals surface area contributed by atoms with Crippen LogP contribution in [0.1, 0.15) is 8.22 Å². The van der Waals surface area contributed by atoms with E-state index in [1.165, 1.54) is 6.07 Å². The smallest absolute Gasteiger partial charge is 0.166 e. The molecule has 0 aliphatic rings. The van der Waals surface area contributed by atoms with Crippen molar-refractivity contribution in [1.29, 1.82) is 0 Å². The molecule has 0 radical (unpaired) electrons. The molecule has 0 fully saturated rings. The highest BCUT2D eigenvalue weighted by molar-refractivity contribution is 6.13. The van der Waals surface area contributed by atoms with E-state index in [0.29, 0.717) is 34.3 Å². The summed E-state index contributed by atoms with van der Waals surface area (Å²) in [6, 6.07) is 49.5. The van der Waals surface area contributed by atoms with E-state index in [2.05, 4.69) is 41.0 Å². The molecule has 0 unspecified atom stereocenters. The second kappa shape index (κ2) is 13.0. The first-order valence-electron chi connectivity index (χ1n) is 21.3. The second-order valence-electron chi connectivity index (χ2n) is 13.5. The molecule has 56 heavy (non-hydrogen) atoms. The molecule has 0 saturated carbocycles. The largest absolute Gasteiger partial charge is 0.455 e. The number of furan rings is 1. The quantitative estimate of drug-likeness (QED) is 0.171. The maximum absolute atomic E-state index is 9.54. The average Bonchev–Trinajstić information content (AvgIpc) is 3.88. The van der Waals surface area contributed by atoms with Crippen molar-refractivity contribution in [2.45, 2.75) is 0 Å². The fourth-order valence-corrected chi connectivity index (χ4v) is 7.70. The molecule has 0 aliphatic heterocycles. The van der Waals surface area contributed by atoms with Gasteiger partial charge >= 0.3 is 0 Å². The Morgan fingerprint density at radius 2 is 1.00 bits per heavy atom. The highest BCUT2D eigenvalue weighted by atomic mass is 16.3. The minimum absolute atomic E-state index is 0.0164. The zero-order chi connectivity index (χ0) is 42.2. The van der Waals surface area contributed by atoms with Crippen molar-refractivity contribution in [1.82, 2.24) is 19.5 Å². The van der Waals surface area contributed by atoms with E-state index in [-0.39, 0.29) is 63.8 Å². The number of para-hydroxylation sites is 5. The second-order valence-corrected chi connectivity index (χ2v) is 13.5. The number of nitrogens with zero attached hydrogens (tertiary/aromatic N) is 4. The Balaban J connectivity index is 1.28. The van der Waals surface area contributed by atoms with E-state index in [9.17, 15) is 1.37 Å². The van der Waals surface area contributed by atoms with Gasteiger partial charge in [0.2, 0.25) is 0 Å². The number of aromatic nitrogens is 4.